The summed E-state index contributed by atoms with van der Waals surface area (Å²) in [5, 5.41) is 32.3. The summed E-state index contributed by atoms with van der Waals surface area (Å²) in [5.74, 6) is 0.461. The number of benzene rings is 1. The SMILES string of the molecule is CN(C)CC(CO)CNc1cc(OCCCO)ccc1[N+](=O)[O-]. The molecule has 8 nitrogen and oxygen atoms in total. The number of ether oxygens (including phenoxy) is 1. The summed E-state index contributed by atoms with van der Waals surface area (Å²) < 4.78 is 5.44. The number of aliphatic hydroxyl groups excluding tert-OH is 2. The number of nitrogens with zero attached hydrogens (tertiary/aromatic N) is 2. The van der Waals surface area contributed by atoms with Gasteiger partial charge in [0.25, 0.3) is 5.69 Å². The number of rotatable bonds is 11. The molecule has 1 aromatic carbocycles. The average molecular weight is 327 g/mol. The van der Waals surface area contributed by atoms with Crippen molar-refractivity contribution in [2.45, 2.75) is 6.42 Å². The lowest BCUT2D eigenvalue weighted by molar-refractivity contribution is -0.384. The molecule has 0 aliphatic rings. The molecule has 0 amide bonds. The van der Waals surface area contributed by atoms with Gasteiger partial charge in [0.2, 0.25) is 0 Å². The molecule has 1 unspecified atom stereocenters. The molecule has 1 atom stereocenters. The summed E-state index contributed by atoms with van der Waals surface area (Å²) in [7, 11) is 3.81. The number of hydrogen-bond donors (Lipinski definition) is 3. The van der Waals surface area contributed by atoms with Crippen molar-refractivity contribution in [2.75, 3.05) is 52.3 Å². The van der Waals surface area contributed by atoms with Crippen LogP contribution in [0.15, 0.2) is 18.2 Å². The first-order chi connectivity index (χ1) is 11.0. The minimum absolute atomic E-state index is 0.00827. The molecule has 0 spiro atoms. The van der Waals surface area contributed by atoms with E-state index >= 15 is 0 Å². The molecule has 1 aromatic rings. The lowest BCUT2D eigenvalue weighted by Crippen LogP contribution is -2.29. The number of nitro benzene ring substituents is 1. The standard InChI is InChI=1S/C15H25N3O5/c1-17(2)10-12(11-20)9-16-14-8-13(23-7-3-6-19)4-5-15(14)18(21)22/h4-5,8,12,16,19-20H,3,6-7,9-11H2,1-2H3. The van der Waals surface area contributed by atoms with E-state index in [9.17, 15) is 15.2 Å². The van der Waals surface area contributed by atoms with Crippen LogP contribution < -0.4 is 10.1 Å². The Labute approximate surface area is 135 Å². The molecule has 3 N–H and O–H groups in total. The summed E-state index contributed by atoms with van der Waals surface area (Å²) in [4.78, 5) is 12.6. The summed E-state index contributed by atoms with van der Waals surface area (Å²) in [5.41, 5.74) is 0.315. The first-order valence-corrected chi connectivity index (χ1v) is 7.49. The molecule has 0 fully saturated rings. The second kappa shape index (κ2) is 9.98. The number of nitrogens with one attached hydrogen (secondary N) is 1. The van der Waals surface area contributed by atoms with Gasteiger partial charge in [-0.05, 0) is 20.2 Å². The third-order valence-corrected chi connectivity index (χ3v) is 3.20. The van der Waals surface area contributed by atoms with Crippen LogP contribution in [0.25, 0.3) is 0 Å². The summed E-state index contributed by atoms with van der Waals surface area (Å²) in [6, 6.07) is 4.49. The van der Waals surface area contributed by atoms with Crippen LogP contribution in [0.5, 0.6) is 5.75 Å². The molecule has 0 radical (unpaired) electrons. The third kappa shape index (κ3) is 6.81. The maximum absolute atomic E-state index is 11.1. The molecule has 0 bridgehead atoms. The monoisotopic (exact) mass is 327 g/mol. The minimum Gasteiger partial charge on any atom is -0.493 e. The van der Waals surface area contributed by atoms with Crippen molar-refractivity contribution < 1.29 is 19.9 Å². The molecule has 0 aromatic heterocycles. The van der Waals surface area contributed by atoms with Crippen molar-refractivity contribution in [2.24, 2.45) is 5.92 Å². The Kier molecular flexibility index (Phi) is 8.31. The van der Waals surface area contributed by atoms with Gasteiger partial charge in [0, 0.05) is 50.8 Å². The molecule has 130 valence electrons. The first-order valence-electron chi connectivity index (χ1n) is 7.49. The Morgan fingerprint density at radius 2 is 2.13 bits per heavy atom. The van der Waals surface area contributed by atoms with Crippen LogP contribution in [0.2, 0.25) is 0 Å². The van der Waals surface area contributed by atoms with E-state index in [0.29, 0.717) is 37.6 Å². The molecule has 0 saturated heterocycles. The van der Waals surface area contributed by atoms with Gasteiger partial charge in [-0.1, -0.05) is 0 Å². The molecule has 0 aliphatic carbocycles. The number of hydrogen-bond acceptors (Lipinski definition) is 7. The molecule has 0 heterocycles. The maximum Gasteiger partial charge on any atom is 0.292 e. The predicted octanol–water partition coefficient (Wildman–Crippen LogP) is 0.938. The molecular formula is C15H25N3O5. The molecule has 8 heteroatoms. The number of nitro groups is 1. The van der Waals surface area contributed by atoms with Crippen molar-refractivity contribution in [3.05, 3.63) is 28.3 Å². The van der Waals surface area contributed by atoms with Gasteiger partial charge in [-0.2, -0.15) is 0 Å². The largest absolute Gasteiger partial charge is 0.493 e. The maximum atomic E-state index is 11.1. The van der Waals surface area contributed by atoms with Gasteiger partial charge in [0.1, 0.15) is 11.4 Å². The lowest BCUT2D eigenvalue weighted by atomic mass is 10.1. The number of anilines is 1. The fourth-order valence-electron chi connectivity index (χ4n) is 2.12. The number of aliphatic hydroxyl groups is 2. The van der Waals surface area contributed by atoms with E-state index in [1.165, 1.54) is 12.1 Å². The highest BCUT2D eigenvalue weighted by Crippen LogP contribution is 2.29. The van der Waals surface area contributed by atoms with E-state index in [0.717, 1.165) is 0 Å². The quantitative estimate of drug-likeness (QED) is 0.315. The van der Waals surface area contributed by atoms with E-state index in [1.54, 1.807) is 6.07 Å². The zero-order valence-electron chi connectivity index (χ0n) is 13.6. The van der Waals surface area contributed by atoms with Crippen molar-refractivity contribution in [1.82, 2.24) is 4.90 Å². The Morgan fingerprint density at radius 1 is 1.39 bits per heavy atom. The van der Waals surface area contributed by atoms with E-state index in [2.05, 4.69) is 5.32 Å². The summed E-state index contributed by atoms with van der Waals surface area (Å²) >= 11 is 0. The van der Waals surface area contributed by atoms with Crippen LogP contribution in [0.1, 0.15) is 6.42 Å². The van der Waals surface area contributed by atoms with Gasteiger partial charge in [-0.25, -0.2) is 0 Å². The van der Waals surface area contributed by atoms with Crippen LogP contribution in [0, 0.1) is 16.0 Å². The highest BCUT2D eigenvalue weighted by atomic mass is 16.6. The van der Waals surface area contributed by atoms with Gasteiger partial charge in [0.05, 0.1) is 11.5 Å². The Bertz CT molecular complexity index is 496. The molecule has 0 saturated carbocycles. The lowest BCUT2D eigenvalue weighted by Gasteiger charge is -2.20. The molecular weight excluding hydrogens is 302 g/mol. The van der Waals surface area contributed by atoms with Crippen LogP contribution in [0.3, 0.4) is 0 Å². The van der Waals surface area contributed by atoms with Crippen molar-refractivity contribution in [3.63, 3.8) is 0 Å². The second-order valence-electron chi connectivity index (χ2n) is 5.55. The van der Waals surface area contributed by atoms with Gasteiger partial charge >= 0.3 is 0 Å². The van der Waals surface area contributed by atoms with Gasteiger partial charge in [-0.3, -0.25) is 10.1 Å². The zero-order chi connectivity index (χ0) is 17.2. The summed E-state index contributed by atoms with van der Waals surface area (Å²) in [6.45, 7) is 1.44. The van der Waals surface area contributed by atoms with Gasteiger partial charge in [-0.15, -0.1) is 0 Å². The van der Waals surface area contributed by atoms with E-state index in [1.807, 2.05) is 19.0 Å². The van der Waals surface area contributed by atoms with E-state index in [4.69, 9.17) is 9.84 Å². The van der Waals surface area contributed by atoms with E-state index < -0.39 is 4.92 Å². The summed E-state index contributed by atoms with van der Waals surface area (Å²) in [6.07, 6.45) is 0.495. The minimum atomic E-state index is -0.459. The van der Waals surface area contributed by atoms with Crippen molar-refractivity contribution in [1.29, 1.82) is 0 Å². The second-order valence-corrected chi connectivity index (χ2v) is 5.55. The fourth-order valence-corrected chi connectivity index (χ4v) is 2.12. The van der Waals surface area contributed by atoms with Crippen LogP contribution in [0.4, 0.5) is 11.4 Å². The third-order valence-electron chi connectivity index (χ3n) is 3.20. The zero-order valence-corrected chi connectivity index (χ0v) is 13.6. The van der Waals surface area contributed by atoms with Gasteiger partial charge in [0.15, 0.2) is 0 Å². The van der Waals surface area contributed by atoms with Crippen LogP contribution in [-0.2, 0) is 0 Å². The van der Waals surface area contributed by atoms with Gasteiger partial charge < -0.3 is 25.2 Å². The molecule has 23 heavy (non-hydrogen) atoms. The topological polar surface area (TPSA) is 108 Å². The highest BCUT2D eigenvalue weighted by molar-refractivity contribution is 5.64. The Balaban J connectivity index is 2.79. The Hall–Kier alpha value is -1.90. The molecule has 0 aliphatic heterocycles. The predicted molar refractivity (Wildman–Crippen MR) is 87.9 cm³/mol. The van der Waals surface area contributed by atoms with Crippen LogP contribution >= 0.6 is 0 Å². The molecule has 1 rings (SSSR count). The first kappa shape index (κ1) is 19.1. The normalized spacial score (nSPS) is 12.2. The highest BCUT2D eigenvalue weighted by Gasteiger charge is 2.16. The van der Waals surface area contributed by atoms with Crippen molar-refractivity contribution >= 4 is 11.4 Å². The van der Waals surface area contributed by atoms with Crippen LogP contribution in [-0.4, -0.2) is 67.0 Å². The fraction of sp³-hybridized carbons (Fsp3) is 0.600. The Morgan fingerprint density at radius 3 is 2.70 bits per heavy atom. The smallest absolute Gasteiger partial charge is 0.292 e. The van der Waals surface area contributed by atoms with E-state index in [-0.39, 0.29) is 24.8 Å². The van der Waals surface area contributed by atoms with Crippen molar-refractivity contribution in [3.8, 4) is 5.75 Å². The average Bonchev–Trinajstić information content (AvgIpc) is 2.51.